The Bertz CT molecular complexity index is 116. The second kappa shape index (κ2) is 8.05. The van der Waals surface area contributed by atoms with E-state index in [4.69, 9.17) is 0 Å². The van der Waals surface area contributed by atoms with Gasteiger partial charge in [0.15, 0.2) is 0 Å². The zero-order valence-corrected chi connectivity index (χ0v) is 13.4. The molecule has 0 aromatic rings. The maximum Gasteiger partial charge on any atom is 0.0809 e. The van der Waals surface area contributed by atoms with E-state index in [0.717, 1.165) is 11.8 Å². The van der Waals surface area contributed by atoms with Crippen LogP contribution in [0.2, 0.25) is 0 Å². The molecule has 0 atom stereocenters. The second-order valence-electron chi connectivity index (χ2n) is 5.13. The van der Waals surface area contributed by atoms with E-state index in [9.17, 15) is 0 Å². The fraction of sp³-hybridized carbons (Fsp3) is 1.00. The van der Waals surface area contributed by atoms with E-state index < -0.39 is 0 Å². The molecule has 0 heterocycles. The summed E-state index contributed by atoms with van der Waals surface area (Å²) in [5.74, 6) is 1.64. The number of rotatable bonds is 6. The van der Waals surface area contributed by atoms with E-state index in [1.807, 2.05) is 0 Å². The van der Waals surface area contributed by atoms with Crippen molar-refractivity contribution in [3.63, 3.8) is 0 Å². The fourth-order valence-electron chi connectivity index (χ4n) is 2.36. The van der Waals surface area contributed by atoms with E-state index >= 15 is 0 Å². The molecule has 0 amide bonds. The molecular formula is C12H28NZr+. The zero-order valence-electron chi connectivity index (χ0n) is 10.9. The van der Waals surface area contributed by atoms with Gasteiger partial charge in [-0.1, -0.05) is 27.7 Å². The third kappa shape index (κ3) is 6.35. The van der Waals surface area contributed by atoms with Gasteiger partial charge in [0.25, 0.3) is 0 Å². The Labute approximate surface area is 110 Å². The van der Waals surface area contributed by atoms with Gasteiger partial charge in [-0.2, -0.15) is 0 Å². The third-order valence-corrected chi connectivity index (χ3v) is 2.85. The summed E-state index contributed by atoms with van der Waals surface area (Å²) in [5, 5.41) is 0. The summed E-state index contributed by atoms with van der Waals surface area (Å²) in [5.41, 5.74) is 0. The molecule has 0 bridgehead atoms. The average molecular weight is 278 g/mol. The molecule has 0 aliphatic heterocycles. The minimum absolute atomic E-state index is 0. The van der Waals surface area contributed by atoms with Gasteiger partial charge in [0.05, 0.1) is 26.2 Å². The quantitative estimate of drug-likeness (QED) is 0.654. The summed E-state index contributed by atoms with van der Waals surface area (Å²) in [6.45, 7) is 19.2. The summed E-state index contributed by atoms with van der Waals surface area (Å²) in [6, 6.07) is 0. The van der Waals surface area contributed by atoms with Gasteiger partial charge in [0.2, 0.25) is 0 Å². The van der Waals surface area contributed by atoms with Crippen LogP contribution in [0.25, 0.3) is 0 Å². The predicted octanol–water partition coefficient (Wildman–Crippen LogP) is 3.15. The van der Waals surface area contributed by atoms with Crippen LogP contribution in [0.3, 0.4) is 0 Å². The average Bonchev–Trinajstić information content (AvgIpc) is 2.01. The minimum atomic E-state index is 0. The predicted molar refractivity (Wildman–Crippen MR) is 60.8 cm³/mol. The van der Waals surface area contributed by atoms with Gasteiger partial charge in [0.1, 0.15) is 0 Å². The molecule has 1 nitrogen and oxygen atoms in total. The fourth-order valence-corrected chi connectivity index (χ4v) is 2.36. The van der Waals surface area contributed by atoms with Crippen LogP contribution in [0, 0.1) is 11.8 Å². The molecule has 0 aromatic heterocycles. The first-order valence-corrected chi connectivity index (χ1v) is 5.81. The summed E-state index contributed by atoms with van der Waals surface area (Å²) in [4.78, 5) is 0. The van der Waals surface area contributed by atoms with Gasteiger partial charge < -0.3 is 4.48 Å². The standard InChI is InChI=1S/C12H28N.Zr/c1-7-13(8-2,9-11(3)4)10-12(5)6;/h11-12H,7-10H2,1-6H3;/q+1;. The molecule has 0 radical (unpaired) electrons. The van der Waals surface area contributed by atoms with E-state index in [0.29, 0.717) is 0 Å². The Kier molecular flexibility index (Phi) is 9.91. The van der Waals surface area contributed by atoms with Crippen LogP contribution in [0.15, 0.2) is 0 Å². The first-order valence-electron chi connectivity index (χ1n) is 5.81. The van der Waals surface area contributed by atoms with Crippen molar-refractivity contribution < 1.29 is 30.7 Å². The van der Waals surface area contributed by atoms with Crippen LogP contribution < -0.4 is 0 Å². The zero-order chi connectivity index (χ0) is 10.5. The molecule has 0 rings (SSSR count). The van der Waals surface area contributed by atoms with Crippen LogP contribution in [-0.4, -0.2) is 30.7 Å². The molecule has 0 fully saturated rings. The van der Waals surface area contributed by atoms with E-state index in [-0.39, 0.29) is 26.2 Å². The van der Waals surface area contributed by atoms with Crippen LogP contribution in [0.5, 0.6) is 0 Å². The van der Waals surface area contributed by atoms with Gasteiger partial charge in [-0.25, -0.2) is 0 Å². The van der Waals surface area contributed by atoms with Crippen molar-refractivity contribution in [2.24, 2.45) is 11.8 Å². The molecule has 0 unspecified atom stereocenters. The van der Waals surface area contributed by atoms with Crippen LogP contribution in [0.4, 0.5) is 0 Å². The van der Waals surface area contributed by atoms with Crippen molar-refractivity contribution in [2.45, 2.75) is 41.5 Å². The molecule has 0 saturated heterocycles. The SMILES string of the molecule is CC[N+](CC)(CC(C)C)CC(C)C.[Zr]. The Morgan fingerprint density at radius 2 is 1.07 bits per heavy atom. The molecule has 0 saturated carbocycles. The van der Waals surface area contributed by atoms with Crippen LogP contribution in [0.1, 0.15) is 41.5 Å². The third-order valence-electron chi connectivity index (χ3n) is 2.85. The first-order chi connectivity index (χ1) is 5.95. The topological polar surface area (TPSA) is 0 Å². The largest absolute Gasteiger partial charge is 0.324 e. The Balaban J connectivity index is 0. The molecule has 14 heavy (non-hydrogen) atoms. The van der Waals surface area contributed by atoms with E-state index in [1.165, 1.54) is 30.7 Å². The van der Waals surface area contributed by atoms with Gasteiger partial charge in [-0.05, 0) is 13.8 Å². The number of hydrogen-bond acceptors (Lipinski definition) is 0. The van der Waals surface area contributed by atoms with Crippen LogP contribution in [-0.2, 0) is 26.2 Å². The Morgan fingerprint density at radius 3 is 1.21 bits per heavy atom. The van der Waals surface area contributed by atoms with Gasteiger partial charge in [0, 0.05) is 38.0 Å². The molecule has 0 N–H and O–H groups in total. The summed E-state index contributed by atoms with van der Waals surface area (Å²) in [7, 11) is 0. The Hall–Kier alpha value is 0.843. The van der Waals surface area contributed by atoms with Crippen LogP contribution >= 0.6 is 0 Å². The normalized spacial score (nSPS) is 12.0. The van der Waals surface area contributed by atoms with Gasteiger partial charge in [-0.15, -0.1) is 0 Å². The number of hydrogen-bond donors (Lipinski definition) is 0. The molecule has 84 valence electrons. The van der Waals surface area contributed by atoms with Gasteiger partial charge in [-0.3, -0.25) is 0 Å². The molecule has 0 aliphatic carbocycles. The Morgan fingerprint density at radius 1 is 0.786 bits per heavy atom. The summed E-state index contributed by atoms with van der Waals surface area (Å²) in [6.07, 6.45) is 0. The maximum atomic E-state index is 2.33. The van der Waals surface area contributed by atoms with E-state index in [1.54, 1.807) is 0 Å². The van der Waals surface area contributed by atoms with Crippen molar-refractivity contribution in [1.29, 1.82) is 0 Å². The minimum Gasteiger partial charge on any atom is -0.324 e. The second-order valence-corrected chi connectivity index (χ2v) is 5.13. The first kappa shape index (κ1) is 17.2. The van der Waals surface area contributed by atoms with Crippen molar-refractivity contribution >= 4 is 0 Å². The monoisotopic (exact) mass is 276 g/mol. The molecular weight excluding hydrogens is 249 g/mol. The van der Waals surface area contributed by atoms with E-state index in [2.05, 4.69) is 41.5 Å². The number of quaternary nitrogens is 1. The van der Waals surface area contributed by atoms with Crippen molar-refractivity contribution in [2.75, 3.05) is 26.2 Å². The molecule has 0 spiro atoms. The number of nitrogens with zero attached hydrogens (tertiary/aromatic N) is 1. The molecule has 0 aliphatic rings. The van der Waals surface area contributed by atoms with Crippen molar-refractivity contribution in [1.82, 2.24) is 0 Å². The van der Waals surface area contributed by atoms with Crippen molar-refractivity contribution in [3.05, 3.63) is 0 Å². The van der Waals surface area contributed by atoms with Gasteiger partial charge >= 0.3 is 0 Å². The molecule has 0 aromatic carbocycles. The molecule has 2 heteroatoms. The smallest absolute Gasteiger partial charge is 0.0809 e. The summed E-state index contributed by atoms with van der Waals surface area (Å²) < 4.78 is 1.30. The van der Waals surface area contributed by atoms with Crippen molar-refractivity contribution in [3.8, 4) is 0 Å². The summed E-state index contributed by atoms with van der Waals surface area (Å²) >= 11 is 0. The maximum absolute atomic E-state index is 2.33.